The molecule has 102 valence electrons. The lowest BCUT2D eigenvalue weighted by Crippen LogP contribution is -2.46. The zero-order valence-electron chi connectivity index (χ0n) is 11.9. The van der Waals surface area contributed by atoms with Crippen molar-refractivity contribution in [2.45, 2.75) is 58.5 Å². The fraction of sp³-hybridized carbons (Fsp3) is 0.786. The molecular weight excluding hydrogens is 242 g/mol. The van der Waals surface area contributed by atoms with Crippen LogP contribution >= 0.6 is 11.9 Å². The Bertz CT molecular complexity index is 311. The molecule has 0 aromatic carbocycles. The van der Waals surface area contributed by atoms with Gasteiger partial charge in [0.05, 0.1) is 12.7 Å². The topological polar surface area (TPSA) is 27.0 Å². The van der Waals surface area contributed by atoms with Crippen LogP contribution in [-0.4, -0.2) is 28.5 Å². The van der Waals surface area contributed by atoms with Gasteiger partial charge in [-0.3, -0.25) is 0 Å². The number of quaternary nitrogens is 1. The monoisotopic (exact) mass is 268 g/mol. The van der Waals surface area contributed by atoms with Gasteiger partial charge in [0.25, 0.3) is 0 Å². The highest BCUT2D eigenvalue weighted by atomic mass is 32.2. The van der Waals surface area contributed by atoms with E-state index in [1.54, 1.807) is 0 Å². The Balaban J connectivity index is 2.36. The number of thiocyanates is 1. The van der Waals surface area contributed by atoms with Crippen molar-refractivity contribution in [2.24, 2.45) is 0 Å². The normalized spacial score (nSPS) is 26.6. The molecule has 2 unspecified atom stereocenters. The lowest BCUT2D eigenvalue weighted by Gasteiger charge is -2.33. The Labute approximate surface area is 116 Å². The standard InChI is InChI=1S/C14H26N3S/c1-4-5-6-7-8-9-11-17(18-13-15)12-10-16(3)14(17)2/h10,12,14H,4-9,11H2,1-3H3/q+1. The molecule has 0 aromatic rings. The Morgan fingerprint density at radius 3 is 2.50 bits per heavy atom. The van der Waals surface area contributed by atoms with Crippen LogP contribution in [0.5, 0.6) is 0 Å². The van der Waals surface area contributed by atoms with Crippen LogP contribution in [-0.2, 0) is 0 Å². The van der Waals surface area contributed by atoms with Gasteiger partial charge in [0.1, 0.15) is 6.20 Å². The molecule has 0 N–H and O–H groups in total. The number of rotatable bonds is 8. The summed E-state index contributed by atoms with van der Waals surface area (Å²) in [6.07, 6.45) is 12.5. The molecular formula is C14H26N3S+. The summed E-state index contributed by atoms with van der Waals surface area (Å²) in [7, 11) is 2.08. The van der Waals surface area contributed by atoms with E-state index in [1.807, 2.05) is 0 Å². The molecule has 0 spiro atoms. The summed E-state index contributed by atoms with van der Waals surface area (Å²) in [4.78, 5) is 2.20. The highest BCUT2D eigenvalue weighted by Gasteiger charge is 2.40. The zero-order valence-corrected chi connectivity index (χ0v) is 12.7. The highest BCUT2D eigenvalue weighted by molar-refractivity contribution is 7.98. The van der Waals surface area contributed by atoms with Crippen LogP contribution in [0.3, 0.4) is 0 Å². The fourth-order valence-electron chi connectivity index (χ4n) is 2.40. The number of hydrogen-bond donors (Lipinski definition) is 0. The Hall–Kier alpha value is -0.660. The Kier molecular flexibility index (Phi) is 6.59. The summed E-state index contributed by atoms with van der Waals surface area (Å²) in [5, 5.41) is 11.3. The molecule has 0 saturated heterocycles. The van der Waals surface area contributed by atoms with Gasteiger partial charge in [0.2, 0.25) is 11.9 Å². The van der Waals surface area contributed by atoms with E-state index in [2.05, 4.69) is 43.6 Å². The second-order valence-electron chi connectivity index (χ2n) is 5.12. The van der Waals surface area contributed by atoms with Crippen LogP contribution in [0.1, 0.15) is 52.4 Å². The predicted molar refractivity (Wildman–Crippen MR) is 78.1 cm³/mol. The van der Waals surface area contributed by atoms with Crippen LogP contribution in [0.25, 0.3) is 0 Å². The van der Waals surface area contributed by atoms with E-state index in [4.69, 9.17) is 5.26 Å². The third kappa shape index (κ3) is 3.93. The minimum Gasteiger partial charge on any atom is -0.326 e. The molecule has 18 heavy (non-hydrogen) atoms. The van der Waals surface area contributed by atoms with E-state index >= 15 is 0 Å². The lowest BCUT2D eigenvalue weighted by atomic mass is 10.1. The van der Waals surface area contributed by atoms with Crippen molar-refractivity contribution in [1.29, 1.82) is 5.26 Å². The van der Waals surface area contributed by atoms with Gasteiger partial charge in [-0.25, -0.2) is 3.89 Å². The van der Waals surface area contributed by atoms with E-state index < -0.39 is 0 Å². The largest absolute Gasteiger partial charge is 0.326 e. The average molecular weight is 268 g/mol. The van der Waals surface area contributed by atoms with E-state index in [1.165, 1.54) is 50.5 Å². The first-order chi connectivity index (χ1) is 8.66. The van der Waals surface area contributed by atoms with Gasteiger partial charge in [-0.1, -0.05) is 32.6 Å². The summed E-state index contributed by atoms with van der Waals surface area (Å²) in [6, 6.07) is 0. The summed E-state index contributed by atoms with van der Waals surface area (Å²) < 4.78 is 0.737. The molecule has 0 bridgehead atoms. The first-order valence-electron chi connectivity index (χ1n) is 7.02. The molecule has 3 nitrogen and oxygen atoms in total. The maximum Gasteiger partial charge on any atom is 0.202 e. The molecule has 0 radical (unpaired) electrons. The van der Waals surface area contributed by atoms with Crippen molar-refractivity contribution < 1.29 is 3.89 Å². The van der Waals surface area contributed by atoms with Crippen molar-refractivity contribution in [2.75, 3.05) is 13.6 Å². The molecule has 0 aromatic heterocycles. The van der Waals surface area contributed by atoms with Crippen LogP contribution in [0, 0.1) is 10.7 Å². The summed E-state index contributed by atoms with van der Waals surface area (Å²) in [6.45, 7) is 5.50. The number of unbranched alkanes of at least 4 members (excludes halogenated alkanes) is 5. The van der Waals surface area contributed by atoms with Crippen molar-refractivity contribution in [3.05, 3.63) is 12.4 Å². The first kappa shape index (κ1) is 15.4. The number of nitrogens with zero attached hydrogens (tertiary/aromatic N) is 3. The average Bonchev–Trinajstić information content (AvgIpc) is 2.63. The first-order valence-corrected chi connectivity index (χ1v) is 7.80. The Morgan fingerprint density at radius 2 is 1.94 bits per heavy atom. The van der Waals surface area contributed by atoms with E-state index in [0.717, 1.165) is 10.4 Å². The van der Waals surface area contributed by atoms with Crippen LogP contribution < -0.4 is 0 Å². The quantitative estimate of drug-likeness (QED) is 0.287. The molecule has 1 heterocycles. The summed E-state index contributed by atoms with van der Waals surface area (Å²) in [5.41, 5.74) is 0. The van der Waals surface area contributed by atoms with Crippen molar-refractivity contribution in [1.82, 2.24) is 4.90 Å². The minimum atomic E-state index is 0.366. The zero-order chi connectivity index (χ0) is 13.4. The molecule has 0 fully saturated rings. The van der Waals surface area contributed by atoms with Gasteiger partial charge in [-0.15, -0.1) is 0 Å². The molecule has 0 saturated carbocycles. The van der Waals surface area contributed by atoms with Gasteiger partial charge < -0.3 is 4.90 Å². The summed E-state index contributed by atoms with van der Waals surface area (Å²) in [5.74, 6) is 0. The minimum absolute atomic E-state index is 0.366. The highest BCUT2D eigenvalue weighted by Crippen LogP contribution is 2.34. The van der Waals surface area contributed by atoms with Gasteiger partial charge >= 0.3 is 0 Å². The molecule has 1 aliphatic heterocycles. The van der Waals surface area contributed by atoms with Crippen molar-refractivity contribution in [3.8, 4) is 5.40 Å². The maximum absolute atomic E-state index is 9.01. The van der Waals surface area contributed by atoms with Gasteiger partial charge in [-0.2, -0.15) is 5.26 Å². The third-order valence-corrected chi connectivity index (χ3v) is 4.88. The lowest BCUT2D eigenvalue weighted by molar-refractivity contribution is -0.771. The molecule has 0 amide bonds. The molecule has 0 aliphatic carbocycles. The second kappa shape index (κ2) is 7.70. The van der Waals surface area contributed by atoms with Crippen molar-refractivity contribution in [3.63, 3.8) is 0 Å². The van der Waals surface area contributed by atoms with E-state index in [-0.39, 0.29) is 0 Å². The molecule has 2 atom stereocenters. The SMILES string of the molecule is CCCCCCCC[N+]1(SC#N)C=CN(C)C1C. The Morgan fingerprint density at radius 1 is 1.28 bits per heavy atom. The van der Waals surface area contributed by atoms with Gasteiger partial charge in [-0.05, 0) is 12.8 Å². The molecule has 1 rings (SSSR count). The van der Waals surface area contributed by atoms with Gasteiger partial charge in [0, 0.05) is 14.0 Å². The van der Waals surface area contributed by atoms with Gasteiger partial charge in [0.15, 0.2) is 11.6 Å². The van der Waals surface area contributed by atoms with Crippen molar-refractivity contribution >= 4 is 11.9 Å². The summed E-state index contributed by atoms with van der Waals surface area (Å²) >= 11 is 1.38. The van der Waals surface area contributed by atoms with Crippen LogP contribution in [0.15, 0.2) is 12.4 Å². The smallest absolute Gasteiger partial charge is 0.202 e. The van der Waals surface area contributed by atoms with Crippen LogP contribution in [0.4, 0.5) is 0 Å². The number of nitriles is 1. The third-order valence-electron chi connectivity index (χ3n) is 3.85. The van der Waals surface area contributed by atoms with Crippen LogP contribution in [0.2, 0.25) is 0 Å². The second-order valence-corrected chi connectivity index (χ2v) is 6.17. The number of hydrogen-bond acceptors (Lipinski definition) is 3. The molecule has 4 heteroatoms. The molecule has 1 aliphatic rings. The van der Waals surface area contributed by atoms with E-state index in [0.29, 0.717) is 6.17 Å². The maximum atomic E-state index is 9.01. The predicted octanol–water partition coefficient (Wildman–Crippen LogP) is 4.06. The van der Waals surface area contributed by atoms with E-state index in [9.17, 15) is 0 Å². The fourth-order valence-corrected chi connectivity index (χ4v) is 3.19.